The van der Waals surface area contributed by atoms with E-state index in [2.05, 4.69) is 17.1 Å². The van der Waals surface area contributed by atoms with Gasteiger partial charge in [0.2, 0.25) is 5.91 Å². The minimum atomic E-state index is -5.08. The summed E-state index contributed by atoms with van der Waals surface area (Å²) in [6.07, 6.45) is 7.63. The SMILES string of the molecule is O=C(CC1=CCCCC1)N1CC2(CC(OCc3cccnc3)CS2)C1.O=C(O)C(F)(F)F. The number of allylic oxidation sites excluding steroid dienone is 1. The van der Waals surface area contributed by atoms with Crippen molar-refractivity contribution in [3.63, 3.8) is 0 Å². The Bertz CT molecular complexity index is 826. The number of rotatable bonds is 5. The molecule has 1 aromatic rings. The van der Waals surface area contributed by atoms with Gasteiger partial charge < -0.3 is 14.7 Å². The Labute approximate surface area is 189 Å². The van der Waals surface area contributed by atoms with Gasteiger partial charge in [0.1, 0.15) is 0 Å². The van der Waals surface area contributed by atoms with Crippen molar-refractivity contribution in [2.75, 3.05) is 18.8 Å². The molecule has 1 aromatic heterocycles. The second kappa shape index (κ2) is 10.7. The third-order valence-electron chi connectivity index (χ3n) is 5.70. The number of nitrogens with zero attached hydrogens (tertiary/aromatic N) is 2. The first-order valence-electron chi connectivity index (χ1n) is 10.6. The van der Waals surface area contributed by atoms with Crippen LogP contribution in [-0.4, -0.2) is 62.7 Å². The minimum Gasteiger partial charge on any atom is -0.475 e. The molecule has 1 amide bonds. The number of carbonyl (C=O) groups is 2. The monoisotopic (exact) mass is 472 g/mol. The van der Waals surface area contributed by atoms with E-state index in [9.17, 15) is 18.0 Å². The maximum Gasteiger partial charge on any atom is 0.490 e. The first kappa shape index (κ1) is 24.6. The highest BCUT2D eigenvalue weighted by atomic mass is 32.2. The first-order valence-corrected chi connectivity index (χ1v) is 11.6. The molecule has 176 valence electrons. The molecule has 2 fully saturated rings. The van der Waals surface area contributed by atoms with Crippen LogP contribution in [-0.2, 0) is 20.9 Å². The van der Waals surface area contributed by atoms with Crippen LogP contribution in [0.15, 0.2) is 36.2 Å². The molecule has 1 atom stereocenters. The number of carboxylic acids is 1. The molecule has 6 nitrogen and oxygen atoms in total. The molecule has 1 N–H and O–H groups in total. The molecule has 3 heterocycles. The van der Waals surface area contributed by atoms with E-state index in [-0.39, 0.29) is 4.75 Å². The molecule has 0 bridgehead atoms. The molecule has 1 spiro atoms. The van der Waals surface area contributed by atoms with Gasteiger partial charge in [-0.1, -0.05) is 17.7 Å². The maximum absolute atomic E-state index is 12.5. The zero-order chi connectivity index (χ0) is 23.2. The fraction of sp³-hybridized carbons (Fsp3) is 0.591. The Kier molecular flexibility index (Phi) is 8.21. The Hall–Kier alpha value is -2.07. The van der Waals surface area contributed by atoms with Gasteiger partial charge in [0, 0.05) is 37.7 Å². The summed E-state index contributed by atoms with van der Waals surface area (Å²) in [4.78, 5) is 27.5. The van der Waals surface area contributed by atoms with Gasteiger partial charge in [-0.15, -0.1) is 11.8 Å². The topological polar surface area (TPSA) is 79.7 Å². The van der Waals surface area contributed by atoms with E-state index >= 15 is 0 Å². The second-order valence-corrected chi connectivity index (χ2v) is 9.82. The average molecular weight is 473 g/mol. The summed E-state index contributed by atoms with van der Waals surface area (Å²) in [7, 11) is 0. The second-order valence-electron chi connectivity index (χ2n) is 8.33. The van der Waals surface area contributed by atoms with Crippen LogP contribution in [0, 0.1) is 0 Å². The van der Waals surface area contributed by atoms with Crippen LogP contribution in [0.1, 0.15) is 44.1 Å². The zero-order valence-electron chi connectivity index (χ0n) is 17.6. The molecule has 0 aromatic carbocycles. The average Bonchev–Trinajstić information content (AvgIpc) is 3.17. The van der Waals surface area contributed by atoms with Crippen LogP contribution >= 0.6 is 11.8 Å². The molecule has 32 heavy (non-hydrogen) atoms. The van der Waals surface area contributed by atoms with Crippen LogP contribution in [0.25, 0.3) is 0 Å². The lowest BCUT2D eigenvalue weighted by atomic mass is 9.91. The highest BCUT2D eigenvalue weighted by Crippen LogP contribution is 2.46. The Morgan fingerprint density at radius 2 is 2.06 bits per heavy atom. The quantitative estimate of drug-likeness (QED) is 0.647. The van der Waals surface area contributed by atoms with Crippen LogP contribution in [0.4, 0.5) is 13.2 Å². The first-order chi connectivity index (χ1) is 15.2. The van der Waals surface area contributed by atoms with Crippen molar-refractivity contribution < 1.29 is 32.6 Å². The predicted octanol–water partition coefficient (Wildman–Crippen LogP) is 4.21. The van der Waals surface area contributed by atoms with Crippen LogP contribution in [0.5, 0.6) is 0 Å². The van der Waals surface area contributed by atoms with Crippen molar-refractivity contribution in [2.45, 2.75) is 62.2 Å². The van der Waals surface area contributed by atoms with Gasteiger partial charge >= 0.3 is 12.1 Å². The summed E-state index contributed by atoms with van der Waals surface area (Å²) in [6, 6.07) is 4.00. The van der Waals surface area contributed by atoms with E-state index in [0.29, 0.717) is 25.0 Å². The van der Waals surface area contributed by atoms with Crippen molar-refractivity contribution in [1.29, 1.82) is 0 Å². The number of hydrogen-bond acceptors (Lipinski definition) is 5. The lowest BCUT2D eigenvalue weighted by molar-refractivity contribution is -0.192. The number of carboxylic acid groups (broad SMARTS) is 1. The summed E-state index contributed by atoms with van der Waals surface area (Å²) in [5.41, 5.74) is 2.48. The summed E-state index contributed by atoms with van der Waals surface area (Å²) in [6.45, 7) is 2.43. The van der Waals surface area contributed by atoms with E-state index in [4.69, 9.17) is 14.6 Å². The summed E-state index contributed by atoms with van der Waals surface area (Å²) in [5, 5.41) is 7.12. The lowest BCUT2D eigenvalue weighted by Gasteiger charge is -2.47. The number of hydrogen-bond donors (Lipinski definition) is 1. The normalized spacial score (nSPS) is 21.9. The number of carbonyl (C=O) groups excluding carboxylic acids is 1. The van der Waals surface area contributed by atoms with Gasteiger partial charge in [-0.3, -0.25) is 9.78 Å². The van der Waals surface area contributed by atoms with Gasteiger partial charge in [-0.25, -0.2) is 4.79 Å². The van der Waals surface area contributed by atoms with Crippen LogP contribution in [0.2, 0.25) is 0 Å². The van der Waals surface area contributed by atoms with Gasteiger partial charge in [0.15, 0.2) is 0 Å². The number of halogens is 3. The third-order valence-corrected chi connectivity index (χ3v) is 7.28. The number of amides is 1. The lowest BCUT2D eigenvalue weighted by Crippen LogP contribution is -2.60. The standard InChI is InChI=1S/C20H26N2O2S.C2HF3O2/c23-19(9-16-5-2-1-3-6-16)22-14-20(15-22)10-18(13-25-20)24-12-17-7-4-8-21-11-17;3-2(4,5)1(6)7/h4-5,7-8,11,18H,1-3,6,9-10,12-15H2;(H,6,7). The number of pyridine rings is 1. The molecule has 0 saturated carbocycles. The van der Waals surface area contributed by atoms with E-state index < -0.39 is 12.1 Å². The predicted molar refractivity (Wildman–Crippen MR) is 114 cm³/mol. The van der Waals surface area contributed by atoms with Crippen LogP contribution in [0.3, 0.4) is 0 Å². The molecule has 1 unspecified atom stereocenters. The largest absolute Gasteiger partial charge is 0.490 e. The highest BCUT2D eigenvalue weighted by Gasteiger charge is 2.50. The molecular weight excluding hydrogens is 445 g/mol. The molecule has 2 aliphatic heterocycles. The van der Waals surface area contributed by atoms with Crippen molar-refractivity contribution in [1.82, 2.24) is 9.88 Å². The number of alkyl halides is 3. The smallest absolute Gasteiger partial charge is 0.475 e. The maximum atomic E-state index is 12.5. The number of aliphatic carboxylic acids is 1. The number of aromatic nitrogens is 1. The van der Waals surface area contributed by atoms with E-state index in [1.807, 2.05) is 28.9 Å². The molecule has 3 aliphatic rings. The molecule has 0 radical (unpaired) electrons. The van der Waals surface area contributed by atoms with E-state index in [1.165, 1.54) is 18.4 Å². The molecule has 2 saturated heterocycles. The minimum absolute atomic E-state index is 0.246. The zero-order valence-corrected chi connectivity index (χ0v) is 18.5. The number of likely N-dealkylation sites (tertiary alicyclic amines) is 1. The number of ether oxygens (including phenoxy) is 1. The molecular formula is C22H27F3N2O4S. The summed E-state index contributed by atoms with van der Waals surface area (Å²) in [5.74, 6) is -1.40. The van der Waals surface area contributed by atoms with Crippen molar-refractivity contribution in [2.24, 2.45) is 0 Å². The molecule has 1 aliphatic carbocycles. The van der Waals surface area contributed by atoms with Crippen molar-refractivity contribution in [3.8, 4) is 0 Å². The molecule has 10 heteroatoms. The summed E-state index contributed by atoms with van der Waals surface area (Å²) < 4.78 is 38.0. The highest BCUT2D eigenvalue weighted by molar-refractivity contribution is 8.01. The van der Waals surface area contributed by atoms with Crippen molar-refractivity contribution >= 4 is 23.6 Å². The Morgan fingerprint density at radius 3 is 2.66 bits per heavy atom. The van der Waals surface area contributed by atoms with Crippen molar-refractivity contribution in [3.05, 3.63) is 41.7 Å². The van der Waals surface area contributed by atoms with E-state index in [1.54, 1.807) is 6.20 Å². The van der Waals surface area contributed by atoms with Crippen LogP contribution < -0.4 is 0 Å². The Morgan fingerprint density at radius 1 is 1.31 bits per heavy atom. The number of thioether (sulfide) groups is 1. The third kappa shape index (κ3) is 6.96. The fourth-order valence-corrected chi connectivity index (χ4v) is 5.58. The van der Waals surface area contributed by atoms with Gasteiger partial charge in [-0.05, 0) is 43.7 Å². The molecule has 4 rings (SSSR count). The Balaban J connectivity index is 0.000000360. The fourth-order valence-electron chi connectivity index (χ4n) is 4.02. The van der Waals surface area contributed by atoms with E-state index in [0.717, 1.165) is 43.7 Å². The summed E-state index contributed by atoms with van der Waals surface area (Å²) >= 11 is 1.99. The van der Waals surface area contributed by atoms with Gasteiger partial charge in [-0.2, -0.15) is 13.2 Å². The van der Waals surface area contributed by atoms with Gasteiger partial charge in [0.05, 0.1) is 17.5 Å². The van der Waals surface area contributed by atoms with Gasteiger partial charge in [0.25, 0.3) is 0 Å².